The molecule has 164 valence electrons. The van der Waals surface area contributed by atoms with Gasteiger partial charge in [0.1, 0.15) is 11.6 Å². The van der Waals surface area contributed by atoms with E-state index < -0.39 is 15.8 Å². The standard InChI is InChI=1S/C21H23FN4O4S/c1-15-3-8-18(13-19(15)22)31(27,28)26-11-9-25(10-12-26)14-20-23-21(24-30-20)16-4-6-17(29-2)7-5-16/h3-8,13H,9-12,14H2,1-2H3. The number of halogens is 1. The molecular weight excluding hydrogens is 423 g/mol. The van der Waals surface area contributed by atoms with Crippen molar-refractivity contribution in [2.75, 3.05) is 33.3 Å². The number of hydrogen-bond acceptors (Lipinski definition) is 7. The lowest BCUT2D eigenvalue weighted by atomic mass is 10.2. The molecule has 0 saturated carbocycles. The fourth-order valence-electron chi connectivity index (χ4n) is 3.38. The molecule has 0 aliphatic carbocycles. The van der Waals surface area contributed by atoms with Gasteiger partial charge in [-0.25, -0.2) is 12.8 Å². The Kier molecular flexibility index (Phi) is 6.03. The van der Waals surface area contributed by atoms with Crippen LogP contribution in [0.15, 0.2) is 51.9 Å². The minimum Gasteiger partial charge on any atom is -0.497 e. The molecule has 1 saturated heterocycles. The maximum Gasteiger partial charge on any atom is 0.243 e. The third-order valence-corrected chi connectivity index (χ3v) is 7.18. The van der Waals surface area contributed by atoms with E-state index in [9.17, 15) is 12.8 Å². The van der Waals surface area contributed by atoms with E-state index in [1.54, 1.807) is 14.0 Å². The Hall–Kier alpha value is -2.82. The molecule has 1 fully saturated rings. The van der Waals surface area contributed by atoms with E-state index in [1.165, 1.54) is 16.4 Å². The molecule has 8 nitrogen and oxygen atoms in total. The van der Waals surface area contributed by atoms with Gasteiger partial charge >= 0.3 is 0 Å². The Morgan fingerprint density at radius 3 is 2.45 bits per heavy atom. The summed E-state index contributed by atoms with van der Waals surface area (Å²) in [6.07, 6.45) is 0. The predicted octanol–water partition coefficient (Wildman–Crippen LogP) is 2.70. The Bertz CT molecular complexity index is 1160. The first kappa shape index (κ1) is 21.4. The van der Waals surface area contributed by atoms with Crippen molar-refractivity contribution >= 4 is 10.0 Å². The smallest absolute Gasteiger partial charge is 0.243 e. The number of hydrogen-bond donors (Lipinski definition) is 0. The zero-order chi connectivity index (χ0) is 22.0. The Labute approximate surface area is 180 Å². The molecule has 4 rings (SSSR count). The van der Waals surface area contributed by atoms with Crippen molar-refractivity contribution in [1.82, 2.24) is 19.3 Å². The number of ether oxygens (including phenoxy) is 1. The van der Waals surface area contributed by atoms with Crippen LogP contribution in [0.25, 0.3) is 11.4 Å². The van der Waals surface area contributed by atoms with E-state index in [2.05, 4.69) is 10.1 Å². The summed E-state index contributed by atoms with van der Waals surface area (Å²) in [5.41, 5.74) is 1.23. The molecule has 2 heterocycles. The van der Waals surface area contributed by atoms with Crippen molar-refractivity contribution in [3.63, 3.8) is 0 Å². The highest BCUT2D eigenvalue weighted by molar-refractivity contribution is 7.89. The third-order valence-electron chi connectivity index (χ3n) is 5.29. The third kappa shape index (κ3) is 4.60. The van der Waals surface area contributed by atoms with Crippen molar-refractivity contribution in [2.45, 2.75) is 18.4 Å². The molecule has 0 atom stereocenters. The molecule has 0 bridgehead atoms. The average molecular weight is 447 g/mol. The van der Waals surface area contributed by atoms with Gasteiger partial charge in [0.2, 0.25) is 21.7 Å². The summed E-state index contributed by atoms with van der Waals surface area (Å²) in [4.78, 5) is 6.46. The number of aromatic nitrogens is 2. The second-order valence-electron chi connectivity index (χ2n) is 7.33. The van der Waals surface area contributed by atoms with Crippen LogP contribution in [0.5, 0.6) is 5.75 Å². The summed E-state index contributed by atoms with van der Waals surface area (Å²) < 4.78 is 51.3. The molecule has 0 unspecified atom stereocenters. The quantitative estimate of drug-likeness (QED) is 0.575. The van der Waals surface area contributed by atoms with Gasteiger partial charge < -0.3 is 9.26 Å². The molecule has 1 aromatic heterocycles. The van der Waals surface area contributed by atoms with Crippen LogP contribution in [0.4, 0.5) is 4.39 Å². The van der Waals surface area contributed by atoms with Crippen LogP contribution in [-0.2, 0) is 16.6 Å². The van der Waals surface area contributed by atoms with Gasteiger partial charge in [-0.3, -0.25) is 4.90 Å². The highest BCUT2D eigenvalue weighted by Crippen LogP contribution is 2.22. The van der Waals surface area contributed by atoms with Gasteiger partial charge in [-0.15, -0.1) is 0 Å². The lowest BCUT2D eigenvalue weighted by Crippen LogP contribution is -2.48. The Morgan fingerprint density at radius 1 is 1.10 bits per heavy atom. The molecule has 1 aliphatic heterocycles. The van der Waals surface area contributed by atoms with Crippen LogP contribution in [0.3, 0.4) is 0 Å². The maximum absolute atomic E-state index is 13.8. The molecule has 1 aliphatic rings. The number of rotatable bonds is 6. The Morgan fingerprint density at radius 2 is 1.81 bits per heavy atom. The summed E-state index contributed by atoms with van der Waals surface area (Å²) in [6.45, 7) is 3.65. The van der Waals surface area contributed by atoms with Crippen LogP contribution in [0.1, 0.15) is 11.5 Å². The van der Waals surface area contributed by atoms with Crippen LogP contribution in [0.2, 0.25) is 0 Å². The van der Waals surface area contributed by atoms with Gasteiger partial charge in [0, 0.05) is 31.7 Å². The van der Waals surface area contributed by atoms with E-state index >= 15 is 0 Å². The minimum absolute atomic E-state index is 0.0231. The lowest BCUT2D eigenvalue weighted by molar-refractivity contribution is 0.163. The van der Waals surface area contributed by atoms with E-state index in [4.69, 9.17) is 9.26 Å². The topological polar surface area (TPSA) is 88.8 Å². The maximum atomic E-state index is 13.8. The zero-order valence-corrected chi connectivity index (χ0v) is 18.1. The zero-order valence-electron chi connectivity index (χ0n) is 17.3. The minimum atomic E-state index is -3.73. The van der Waals surface area contributed by atoms with Gasteiger partial charge in [-0.05, 0) is 48.9 Å². The highest BCUT2D eigenvalue weighted by atomic mass is 32.2. The SMILES string of the molecule is COc1ccc(-c2noc(CN3CCN(S(=O)(=O)c4ccc(C)c(F)c4)CC3)n2)cc1. The van der Waals surface area contributed by atoms with Crippen molar-refractivity contribution in [1.29, 1.82) is 0 Å². The van der Waals surface area contributed by atoms with Gasteiger partial charge in [0.15, 0.2) is 0 Å². The first-order valence-corrected chi connectivity index (χ1v) is 11.3. The highest BCUT2D eigenvalue weighted by Gasteiger charge is 2.29. The van der Waals surface area contributed by atoms with Crippen molar-refractivity contribution in [2.24, 2.45) is 0 Å². The molecule has 2 aromatic carbocycles. The molecule has 31 heavy (non-hydrogen) atoms. The monoisotopic (exact) mass is 446 g/mol. The summed E-state index contributed by atoms with van der Waals surface area (Å²) in [6, 6.07) is 11.4. The number of piperazine rings is 1. The Balaban J connectivity index is 1.37. The van der Waals surface area contributed by atoms with E-state index in [0.717, 1.165) is 17.4 Å². The van der Waals surface area contributed by atoms with Gasteiger partial charge in [0.25, 0.3) is 0 Å². The lowest BCUT2D eigenvalue weighted by Gasteiger charge is -2.33. The van der Waals surface area contributed by atoms with Gasteiger partial charge in [0.05, 0.1) is 18.6 Å². The molecule has 0 amide bonds. The first-order chi connectivity index (χ1) is 14.9. The summed E-state index contributed by atoms with van der Waals surface area (Å²) in [5.74, 6) is 1.17. The van der Waals surface area contributed by atoms with E-state index in [1.807, 2.05) is 29.2 Å². The van der Waals surface area contributed by atoms with E-state index in [-0.39, 0.29) is 4.90 Å². The molecule has 0 N–H and O–H groups in total. The largest absolute Gasteiger partial charge is 0.497 e. The first-order valence-electron chi connectivity index (χ1n) is 9.82. The fourth-order valence-corrected chi connectivity index (χ4v) is 4.81. The molecule has 0 spiro atoms. The van der Waals surface area contributed by atoms with E-state index in [0.29, 0.717) is 50.0 Å². The van der Waals surface area contributed by atoms with Crippen molar-refractivity contribution in [3.05, 3.63) is 59.7 Å². The average Bonchev–Trinajstić information content (AvgIpc) is 3.24. The van der Waals surface area contributed by atoms with Crippen molar-refractivity contribution < 1.29 is 22.1 Å². The summed E-state index contributed by atoms with van der Waals surface area (Å²) in [7, 11) is -2.13. The van der Waals surface area contributed by atoms with Crippen LogP contribution in [-0.4, -0.2) is 61.1 Å². The van der Waals surface area contributed by atoms with Gasteiger partial charge in [-0.1, -0.05) is 11.2 Å². The number of methoxy groups -OCH3 is 1. The number of aryl methyl sites for hydroxylation is 1. The molecular formula is C21H23FN4O4S. The normalized spacial score (nSPS) is 15.8. The molecule has 0 radical (unpaired) electrons. The number of sulfonamides is 1. The molecule has 3 aromatic rings. The second-order valence-corrected chi connectivity index (χ2v) is 9.27. The fraction of sp³-hybridized carbons (Fsp3) is 0.333. The molecule has 10 heteroatoms. The predicted molar refractivity (Wildman–Crippen MR) is 111 cm³/mol. The van der Waals surface area contributed by atoms with Gasteiger partial charge in [-0.2, -0.15) is 9.29 Å². The number of nitrogens with zero attached hydrogens (tertiary/aromatic N) is 4. The van der Waals surface area contributed by atoms with Crippen LogP contribution < -0.4 is 4.74 Å². The number of benzene rings is 2. The second kappa shape index (κ2) is 8.74. The van der Waals surface area contributed by atoms with Crippen LogP contribution in [0, 0.1) is 12.7 Å². The summed E-state index contributed by atoms with van der Waals surface area (Å²) in [5, 5.41) is 4.02. The van der Waals surface area contributed by atoms with Crippen LogP contribution >= 0.6 is 0 Å². The van der Waals surface area contributed by atoms with Crippen molar-refractivity contribution in [3.8, 4) is 17.1 Å². The summed E-state index contributed by atoms with van der Waals surface area (Å²) >= 11 is 0.